The van der Waals surface area contributed by atoms with Crippen LogP contribution in [0.15, 0.2) is 0 Å². The van der Waals surface area contributed by atoms with Gasteiger partial charge in [0.15, 0.2) is 0 Å². The molecule has 14 heteroatoms. The van der Waals surface area contributed by atoms with E-state index >= 15 is 0 Å². The highest BCUT2D eigenvalue weighted by Gasteiger charge is 2.66. The highest BCUT2D eigenvalue weighted by atomic mass is 17.0. The number of carboxylic acids is 1. The van der Waals surface area contributed by atoms with Crippen LogP contribution in [0.1, 0.15) is 61.3 Å². The van der Waals surface area contributed by atoms with Crippen molar-refractivity contribution in [2.75, 3.05) is 53.9 Å². The van der Waals surface area contributed by atoms with E-state index in [9.17, 15) is 9.59 Å². The summed E-state index contributed by atoms with van der Waals surface area (Å²) in [4.78, 5) is 24.3. The molecular formula is C25H49NO13. The van der Waals surface area contributed by atoms with Crippen molar-refractivity contribution in [1.29, 1.82) is 0 Å². The van der Waals surface area contributed by atoms with Gasteiger partial charge in [-0.2, -0.15) is 0 Å². The lowest BCUT2D eigenvalue weighted by atomic mass is 10.1. The van der Waals surface area contributed by atoms with E-state index in [1.54, 1.807) is 48.5 Å². The van der Waals surface area contributed by atoms with E-state index in [0.29, 0.717) is 0 Å². The van der Waals surface area contributed by atoms with Gasteiger partial charge in [-0.1, -0.05) is 0 Å². The fourth-order valence-corrected chi connectivity index (χ4v) is 3.82. The molecule has 0 aliphatic rings. The number of aliphatic carboxylic acids is 1. The van der Waals surface area contributed by atoms with Crippen molar-refractivity contribution < 1.29 is 62.1 Å². The number of esters is 1. The van der Waals surface area contributed by atoms with E-state index in [1.807, 2.05) is 0 Å². The lowest BCUT2D eigenvalue weighted by Crippen LogP contribution is -2.69. The highest BCUT2D eigenvalue weighted by Crippen LogP contribution is 2.40. The van der Waals surface area contributed by atoms with Crippen LogP contribution in [0.5, 0.6) is 0 Å². The van der Waals surface area contributed by atoms with Crippen molar-refractivity contribution >= 4 is 11.9 Å². The predicted octanol–water partition coefficient (Wildman–Crippen LogP) is 1.97. The second-order valence-electron chi connectivity index (χ2n) is 7.95. The number of hydrogen-bond donors (Lipinski definition) is 2. The van der Waals surface area contributed by atoms with Gasteiger partial charge in [-0.15, -0.1) is 0 Å². The van der Waals surface area contributed by atoms with Crippen molar-refractivity contribution in [1.82, 2.24) is 0 Å². The molecule has 0 aromatic rings. The number of carbonyl (C=O) groups excluding carboxylic acids is 1. The molecule has 0 aromatic carbocycles. The van der Waals surface area contributed by atoms with Crippen molar-refractivity contribution in [2.45, 2.75) is 97.5 Å². The Labute approximate surface area is 231 Å². The summed E-state index contributed by atoms with van der Waals surface area (Å²) in [7, 11) is 2.67. The number of ether oxygens (including phenoxy) is 10. The Morgan fingerprint density at radius 3 is 1.67 bits per heavy atom. The van der Waals surface area contributed by atoms with E-state index in [0.717, 1.165) is 0 Å². The largest absolute Gasteiger partial charge is 0.481 e. The number of nitrogens with two attached hydrogens (primary N) is 1. The minimum atomic E-state index is -2.55. The van der Waals surface area contributed by atoms with Gasteiger partial charge in [0, 0.05) is 53.7 Å². The minimum Gasteiger partial charge on any atom is -0.481 e. The van der Waals surface area contributed by atoms with Crippen molar-refractivity contribution in [3.63, 3.8) is 0 Å². The Balaban J connectivity index is 7.04. The van der Waals surface area contributed by atoms with Gasteiger partial charge in [0.1, 0.15) is 12.1 Å². The van der Waals surface area contributed by atoms with Crippen LogP contribution in [-0.2, 0) is 57.0 Å². The third-order valence-corrected chi connectivity index (χ3v) is 5.35. The fraction of sp³-hybridized carbons (Fsp3) is 0.920. The summed E-state index contributed by atoms with van der Waals surface area (Å²) in [6.45, 7) is 12.3. The summed E-state index contributed by atoms with van der Waals surface area (Å²) in [6.07, 6.45) is -2.85. The summed E-state index contributed by atoms with van der Waals surface area (Å²) in [6, 6.07) is -1.35. The molecule has 14 nitrogen and oxygen atoms in total. The number of carboxylic acid groups (broad SMARTS) is 1. The zero-order chi connectivity index (χ0) is 30.1. The van der Waals surface area contributed by atoms with E-state index in [-0.39, 0.29) is 52.5 Å². The monoisotopic (exact) mass is 571 g/mol. The van der Waals surface area contributed by atoms with Gasteiger partial charge in [-0.25, -0.2) is 0 Å². The first kappa shape index (κ1) is 37.5. The van der Waals surface area contributed by atoms with Crippen LogP contribution in [0.2, 0.25) is 0 Å². The van der Waals surface area contributed by atoms with Gasteiger partial charge in [-0.05, 0) is 54.9 Å². The molecular weight excluding hydrogens is 522 g/mol. The molecule has 0 amide bonds. The molecule has 3 N–H and O–H groups in total. The third-order valence-electron chi connectivity index (χ3n) is 5.35. The number of rotatable bonds is 24. The van der Waals surface area contributed by atoms with Crippen LogP contribution in [0.3, 0.4) is 0 Å². The van der Waals surface area contributed by atoms with Crippen LogP contribution in [-0.4, -0.2) is 107 Å². The normalized spacial score (nSPS) is 16.4. The zero-order valence-corrected chi connectivity index (χ0v) is 24.8. The van der Waals surface area contributed by atoms with Gasteiger partial charge in [0.05, 0.1) is 6.61 Å². The molecule has 0 saturated carbocycles. The van der Waals surface area contributed by atoms with Crippen LogP contribution in [0.25, 0.3) is 0 Å². The second-order valence-corrected chi connectivity index (χ2v) is 7.95. The quantitative estimate of drug-likeness (QED) is 0.127. The molecule has 0 radical (unpaired) electrons. The molecule has 0 heterocycles. The Morgan fingerprint density at radius 1 is 0.795 bits per heavy atom. The smallest absolute Gasteiger partial charge is 0.417 e. The number of carbonyl (C=O) groups is 2. The lowest BCUT2D eigenvalue weighted by molar-refractivity contribution is -0.560. The van der Waals surface area contributed by atoms with Gasteiger partial charge in [0.25, 0.3) is 0 Å². The molecule has 232 valence electrons. The molecule has 39 heavy (non-hydrogen) atoms. The summed E-state index contributed by atoms with van der Waals surface area (Å²) < 4.78 is 58.8. The van der Waals surface area contributed by atoms with Crippen molar-refractivity contribution in [2.24, 2.45) is 5.73 Å². The molecule has 0 fully saturated rings. The van der Waals surface area contributed by atoms with Crippen molar-refractivity contribution in [3.05, 3.63) is 0 Å². The molecule has 0 aliphatic heterocycles. The van der Waals surface area contributed by atoms with Crippen LogP contribution in [0.4, 0.5) is 0 Å². The summed E-state index contributed by atoms with van der Waals surface area (Å²) in [5.41, 5.74) is 5.96. The molecule has 0 bridgehead atoms. The second kappa shape index (κ2) is 18.8. The number of hydrogen-bond acceptors (Lipinski definition) is 13. The molecule has 0 rings (SSSR count). The summed E-state index contributed by atoms with van der Waals surface area (Å²) in [5, 5.41) is 9.03. The van der Waals surface area contributed by atoms with E-state index in [4.69, 9.17) is 58.2 Å². The Morgan fingerprint density at radius 2 is 1.28 bits per heavy atom. The molecule has 0 spiro atoms. The minimum absolute atomic E-state index is 0.0186. The third kappa shape index (κ3) is 9.85. The SMILES string of the molecule is CCOC(OC)C(OCC)(OCC)C(C)OC(OCC)(OC(=O)[C@@H](N)CCC(=O)O)C(OC)(OCC)OCC. The van der Waals surface area contributed by atoms with Crippen LogP contribution in [0, 0.1) is 0 Å². The topological polar surface area (TPSA) is 173 Å². The average molecular weight is 572 g/mol. The summed E-state index contributed by atoms with van der Waals surface area (Å²) >= 11 is 0. The maximum absolute atomic E-state index is 13.2. The maximum atomic E-state index is 13.2. The van der Waals surface area contributed by atoms with E-state index < -0.39 is 48.1 Å². The highest BCUT2D eigenvalue weighted by molar-refractivity contribution is 5.77. The van der Waals surface area contributed by atoms with Crippen LogP contribution < -0.4 is 5.73 Å². The molecule has 0 saturated heterocycles. The van der Waals surface area contributed by atoms with E-state index in [1.165, 1.54) is 14.2 Å². The van der Waals surface area contributed by atoms with Crippen molar-refractivity contribution in [3.8, 4) is 0 Å². The van der Waals surface area contributed by atoms with E-state index in [2.05, 4.69) is 0 Å². The first-order valence-corrected chi connectivity index (χ1v) is 13.3. The molecule has 4 atom stereocenters. The number of methoxy groups -OCH3 is 2. The van der Waals surface area contributed by atoms with Gasteiger partial charge < -0.3 is 58.2 Å². The predicted molar refractivity (Wildman–Crippen MR) is 137 cm³/mol. The van der Waals surface area contributed by atoms with Crippen LogP contribution >= 0.6 is 0 Å². The average Bonchev–Trinajstić information content (AvgIpc) is 2.89. The first-order valence-electron chi connectivity index (χ1n) is 13.3. The zero-order valence-electron chi connectivity index (χ0n) is 24.8. The lowest BCUT2D eigenvalue weighted by Gasteiger charge is -2.49. The Hall–Kier alpha value is -1.46. The standard InChI is InChI=1S/C25H49NO13/c1-10-32-22(30-8)23(33-11-2,34-12-3)18(7)38-25(37-15-6,24(31-9,35-13-4)36-14-5)39-21(29)19(26)16-17-20(27)28/h18-19,22H,10-17,26H2,1-9H3,(H,27,28)/t18?,19-,22?,25?/m0/s1. The van der Waals surface area contributed by atoms with Gasteiger partial charge >= 0.3 is 23.9 Å². The maximum Gasteiger partial charge on any atom is 0.417 e. The summed E-state index contributed by atoms with van der Waals surface area (Å²) in [5.74, 6) is -8.70. The fourth-order valence-electron chi connectivity index (χ4n) is 3.82. The Bertz CT molecular complexity index is 683. The molecule has 3 unspecified atom stereocenters. The Kier molecular flexibility index (Phi) is 18.1. The first-order chi connectivity index (χ1) is 18.5. The van der Waals surface area contributed by atoms with Gasteiger partial charge in [0.2, 0.25) is 12.1 Å². The molecule has 0 aromatic heterocycles. The van der Waals surface area contributed by atoms with Gasteiger partial charge in [-0.3, -0.25) is 9.59 Å². The molecule has 0 aliphatic carbocycles.